The van der Waals surface area contributed by atoms with E-state index in [4.69, 9.17) is 18.6 Å². The maximum absolute atomic E-state index is 12.6. The van der Waals surface area contributed by atoms with Crippen molar-refractivity contribution in [2.45, 2.75) is 39.7 Å². The quantitative estimate of drug-likeness (QED) is 0.662. The lowest BCUT2D eigenvalue weighted by atomic mass is 9.76. The summed E-state index contributed by atoms with van der Waals surface area (Å²) in [7, 11) is 3.02. The van der Waals surface area contributed by atoms with E-state index < -0.39 is 12.0 Å². The molecule has 1 atom stereocenters. The summed E-state index contributed by atoms with van der Waals surface area (Å²) in [6, 6.07) is 5.20. The van der Waals surface area contributed by atoms with Crippen LogP contribution in [-0.4, -0.2) is 50.3 Å². The fourth-order valence-electron chi connectivity index (χ4n) is 3.79. The van der Waals surface area contributed by atoms with Crippen molar-refractivity contribution in [3.05, 3.63) is 40.8 Å². The number of fused-ring (bicyclic) bond motifs is 1. The molecule has 2 aromatic rings. The minimum atomic E-state index is -0.982. The first kappa shape index (κ1) is 22.7. The van der Waals surface area contributed by atoms with Crippen molar-refractivity contribution < 1.29 is 33.3 Å². The number of carbonyl (C=O) groups excluding carboxylic acids is 2. The number of hydrogen-bond acceptors (Lipinski definition) is 7. The molecule has 168 valence electrons. The molecule has 1 aromatic carbocycles. The second kappa shape index (κ2) is 9.01. The summed E-state index contributed by atoms with van der Waals surface area (Å²) in [6.07, 6.45) is 0.0348. The van der Waals surface area contributed by atoms with Crippen molar-refractivity contribution in [1.29, 1.82) is 0 Å². The molecule has 31 heavy (non-hydrogen) atoms. The molecule has 0 radical (unpaired) electrons. The lowest BCUT2D eigenvalue weighted by Crippen LogP contribution is -2.35. The fraction of sp³-hybridized carbons (Fsp3) is 0.478. The smallest absolute Gasteiger partial charge is 0.287 e. The standard InChI is InChI=1S/C23H29NO7/c1-13-19-15(26)9-23(2,3)10-18(19)31-20(13)22(27)24-11-14(25)12-30-21-16(28-4)7-6-8-17(21)29-5/h6-8,14,25H,9-12H2,1-5H3,(H,24,27). The molecule has 1 heterocycles. The summed E-state index contributed by atoms with van der Waals surface area (Å²) in [4.78, 5) is 25.1. The van der Waals surface area contributed by atoms with Crippen LogP contribution in [0.4, 0.5) is 0 Å². The summed E-state index contributed by atoms with van der Waals surface area (Å²) in [5.41, 5.74) is 0.851. The third kappa shape index (κ3) is 4.85. The van der Waals surface area contributed by atoms with Crippen molar-refractivity contribution in [3.8, 4) is 17.2 Å². The van der Waals surface area contributed by atoms with Gasteiger partial charge in [0.2, 0.25) is 5.75 Å². The average Bonchev–Trinajstić information content (AvgIpc) is 3.05. The van der Waals surface area contributed by atoms with Crippen LogP contribution < -0.4 is 19.5 Å². The zero-order valence-corrected chi connectivity index (χ0v) is 18.5. The summed E-state index contributed by atoms with van der Waals surface area (Å²) in [5, 5.41) is 12.9. The second-order valence-corrected chi connectivity index (χ2v) is 8.46. The average molecular weight is 431 g/mol. The number of rotatable bonds is 8. The second-order valence-electron chi connectivity index (χ2n) is 8.46. The van der Waals surface area contributed by atoms with Crippen molar-refractivity contribution >= 4 is 11.7 Å². The van der Waals surface area contributed by atoms with Gasteiger partial charge in [0.05, 0.1) is 19.8 Å². The largest absolute Gasteiger partial charge is 0.493 e. The number of aliphatic hydroxyl groups excluding tert-OH is 1. The predicted molar refractivity (Wildman–Crippen MR) is 113 cm³/mol. The van der Waals surface area contributed by atoms with Gasteiger partial charge in [-0.05, 0) is 24.5 Å². The van der Waals surface area contributed by atoms with Gasteiger partial charge >= 0.3 is 0 Å². The van der Waals surface area contributed by atoms with Crippen LogP contribution in [0.25, 0.3) is 0 Å². The molecule has 8 heteroatoms. The van der Waals surface area contributed by atoms with Crippen LogP contribution in [-0.2, 0) is 6.42 Å². The van der Waals surface area contributed by atoms with Crippen molar-refractivity contribution in [3.63, 3.8) is 0 Å². The number of carbonyl (C=O) groups is 2. The molecule has 0 saturated carbocycles. The van der Waals surface area contributed by atoms with Gasteiger partial charge in [-0.25, -0.2) is 0 Å². The van der Waals surface area contributed by atoms with Crippen LogP contribution in [0.2, 0.25) is 0 Å². The minimum Gasteiger partial charge on any atom is -0.493 e. The topological polar surface area (TPSA) is 107 Å². The Kier molecular flexibility index (Phi) is 6.59. The van der Waals surface area contributed by atoms with Gasteiger partial charge < -0.3 is 29.1 Å². The highest BCUT2D eigenvalue weighted by Crippen LogP contribution is 2.38. The molecule has 2 N–H and O–H groups in total. The SMILES string of the molecule is COc1cccc(OC)c1OCC(O)CNC(=O)c1oc2c(c1C)C(=O)CC(C)(C)C2. The Bertz CT molecular complexity index is 954. The molecular formula is C23H29NO7. The summed E-state index contributed by atoms with van der Waals surface area (Å²) < 4.78 is 21.9. The number of benzene rings is 1. The molecule has 3 rings (SSSR count). The highest BCUT2D eigenvalue weighted by atomic mass is 16.5. The predicted octanol–water partition coefficient (Wildman–Crippen LogP) is 2.93. The highest BCUT2D eigenvalue weighted by Gasteiger charge is 2.37. The molecule has 0 aliphatic heterocycles. The normalized spacial score (nSPS) is 15.7. The number of furan rings is 1. The Morgan fingerprint density at radius 1 is 1.23 bits per heavy atom. The molecule has 1 aliphatic carbocycles. The van der Waals surface area contributed by atoms with E-state index in [1.54, 1.807) is 25.1 Å². The number of methoxy groups -OCH3 is 2. The summed E-state index contributed by atoms with van der Waals surface area (Å²) >= 11 is 0. The number of ether oxygens (including phenoxy) is 3. The number of Topliss-reactive ketones (excluding diaryl/α,β-unsaturated/α-hetero) is 1. The van der Waals surface area contributed by atoms with Gasteiger partial charge in [-0.1, -0.05) is 19.9 Å². The van der Waals surface area contributed by atoms with Gasteiger partial charge in [0, 0.05) is 24.9 Å². The van der Waals surface area contributed by atoms with Gasteiger partial charge in [0.15, 0.2) is 23.0 Å². The monoisotopic (exact) mass is 431 g/mol. The van der Waals surface area contributed by atoms with E-state index in [1.165, 1.54) is 14.2 Å². The van der Waals surface area contributed by atoms with E-state index in [2.05, 4.69) is 5.32 Å². The van der Waals surface area contributed by atoms with Crippen molar-refractivity contribution in [2.75, 3.05) is 27.4 Å². The van der Waals surface area contributed by atoms with Gasteiger partial charge in [-0.15, -0.1) is 0 Å². The Labute approximate surface area is 181 Å². The number of ketones is 1. The van der Waals surface area contributed by atoms with Crippen LogP contribution in [0, 0.1) is 12.3 Å². The molecule has 1 unspecified atom stereocenters. The Hall–Kier alpha value is -3.00. The third-order valence-electron chi connectivity index (χ3n) is 5.28. The molecule has 0 spiro atoms. The number of nitrogens with one attached hydrogen (secondary N) is 1. The van der Waals surface area contributed by atoms with Gasteiger partial charge in [0.1, 0.15) is 18.5 Å². The molecule has 1 amide bonds. The first-order valence-electron chi connectivity index (χ1n) is 10.1. The van der Waals surface area contributed by atoms with Crippen LogP contribution in [0.5, 0.6) is 17.2 Å². The zero-order chi connectivity index (χ0) is 22.8. The molecular weight excluding hydrogens is 402 g/mol. The Morgan fingerprint density at radius 3 is 2.48 bits per heavy atom. The first-order chi connectivity index (χ1) is 14.7. The van der Waals surface area contributed by atoms with Gasteiger partial charge in [-0.2, -0.15) is 0 Å². The number of aliphatic hydroxyl groups is 1. The van der Waals surface area contributed by atoms with Crippen LogP contribution in [0.15, 0.2) is 22.6 Å². The zero-order valence-electron chi connectivity index (χ0n) is 18.5. The van der Waals surface area contributed by atoms with Crippen LogP contribution in [0.3, 0.4) is 0 Å². The molecule has 8 nitrogen and oxygen atoms in total. The maximum atomic E-state index is 12.6. The maximum Gasteiger partial charge on any atom is 0.287 e. The third-order valence-corrected chi connectivity index (χ3v) is 5.28. The lowest BCUT2D eigenvalue weighted by Gasteiger charge is -2.27. The first-order valence-corrected chi connectivity index (χ1v) is 10.1. The Balaban J connectivity index is 1.62. The van der Waals surface area contributed by atoms with E-state index >= 15 is 0 Å². The number of para-hydroxylation sites is 1. The van der Waals surface area contributed by atoms with E-state index in [-0.39, 0.29) is 30.1 Å². The molecule has 0 fully saturated rings. The van der Waals surface area contributed by atoms with Crippen molar-refractivity contribution in [2.24, 2.45) is 5.41 Å². The van der Waals surface area contributed by atoms with Crippen LogP contribution >= 0.6 is 0 Å². The minimum absolute atomic E-state index is 0.00857. The molecule has 0 saturated heterocycles. The van der Waals surface area contributed by atoms with Gasteiger partial charge in [0.25, 0.3) is 5.91 Å². The van der Waals surface area contributed by atoms with Gasteiger partial charge in [-0.3, -0.25) is 9.59 Å². The number of hydrogen-bond donors (Lipinski definition) is 2. The van der Waals surface area contributed by atoms with E-state index in [0.29, 0.717) is 47.0 Å². The highest BCUT2D eigenvalue weighted by molar-refractivity contribution is 6.03. The van der Waals surface area contributed by atoms with E-state index in [1.807, 2.05) is 13.8 Å². The van der Waals surface area contributed by atoms with Crippen LogP contribution in [0.1, 0.15) is 52.5 Å². The van der Waals surface area contributed by atoms with E-state index in [9.17, 15) is 14.7 Å². The summed E-state index contributed by atoms with van der Waals surface area (Å²) in [5.74, 6) is 1.48. The number of amides is 1. The fourth-order valence-corrected chi connectivity index (χ4v) is 3.79. The van der Waals surface area contributed by atoms with Crippen molar-refractivity contribution in [1.82, 2.24) is 5.32 Å². The van der Waals surface area contributed by atoms with E-state index in [0.717, 1.165) is 0 Å². The summed E-state index contributed by atoms with van der Waals surface area (Å²) in [6.45, 7) is 5.57. The molecule has 1 aliphatic rings. The Morgan fingerprint density at radius 2 is 1.87 bits per heavy atom. The molecule has 1 aromatic heterocycles. The lowest BCUT2D eigenvalue weighted by molar-refractivity contribution is 0.0807. The molecule has 0 bridgehead atoms.